The van der Waals surface area contributed by atoms with E-state index in [1.165, 1.54) is 0 Å². The Kier molecular flexibility index (Phi) is 4.02. The Labute approximate surface area is 108 Å². The van der Waals surface area contributed by atoms with Crippen molar-refractivity contribution < 1.29 is 14.3 Å². The molecule has 0 spiro atoms. The summed E-state index contributed by atoms with van der Waals surface area (Å²) >= 11 is 0. The summed E-state index contributed by atoms with van der Waals surface area (Å²) in [5.41, 5.74) is 1.85. The van der Waals surface area contributed by atoms with Gasteiger partial charge in [-0.25, -0.2) is 0 Å². The molecule has 3 nitrogen and oxygen atoms in total. The summed E-state index contributed by atoms with van der Waals surface area (Å²) in [7, 11) is 0. The van der Waals surface area contributed by atoms with Gasteiger partial charge in [0.25, 0.3) is 0 Å². The van der Waals surface area contributed by atoms with Crippen molar-refractivity contribution in [1.82, 2.24) is 0 Å². The summed E-state index contributed by atoms with van der Waals surface area (Å²) in [6.07, 6.45) is 0.535. The van der Waals surface area contributed by atoms with Crippen molar-refractivity contribution in [2.45, 2.75) is 33.3 Å². The van der Waals surface area contributed by atoms with E-state index in [1.807, 2.05) is 39.0 Å². The van der Waals surface area contributed by atoms with Crippen LogP contribution in [0.15, 0.2) is 18.2 Å². The first-order valence-corrected chi connectivity index (χ1v) is 6.55. The minimum Gasteiger partial charge on any atom is -0.493 e. The van der Waals surface area contributed by atoms with Gasteiger partial charge in [0.15, 0.2) is 5.78 Å². The van der Waals surface area contributed by atoms with Crippen LogP contribution in [0, 0.1) is 5.92 Å². The van der Waals surface area contributed by atoms with E-state index in [-0.39, 0.29) is 17.8 Å². The number of carbonyl (C=O) groups is 1. The van der Waals surface area contributed by atoms with Crippen molar-refractivity contribution in [2.75, 3.05) is 13.2 Å². The second kappa shape index (κ2) is 5.53. The Morgan fingerprint density at radius 3 is 2.89 bits per heavy atom. The molecule has 1 aliphatic rings. The quantitative estimate of drug-likeness (QED) is 0.752. The second-order valence-corrected chi connectivity index (χ2v) is 4.91. The van der Waals surface area contributed by atoms with E-state index < -0.39 is 0 Å². The monoisotopic (exact) mass is 248 g/mol. The number of rotatable bonds is 5. The summed E-state index contributed by atoms with van der Waals surface area (Å²) < 4.78 is 11.0. The van der Waals surface area contributed by atoms with Crippen LogP contribution in [0.5, 0.6) is 5.75 Å². The fourth-order valence-corrected chi connectivity index (χ4v) is 2.25. The van der Waals surface area contributed by atoms with Gasteiger partial charge in [-0.05, 0) is 36.6 Å². The number of fused-ring (bicyclic) bond motifs is 1. The van der Waals surface area contributed by atoms with Gasteiger partial charge >= 0.3 is 0 Å². The number of hydrogen-bond donors (Lipinski definition) is 0. The number of ether oxygens (including phenoxy) is 2. The SMILES string of the molecule is CCOC(C(=O)c1ccc2c(c1)CCO2)C(C)C. The summed E-state index contributed by atoms with van der Waals surface area (Å²) in [5.74, 6) is 1.16. The maximum atomic E-state index is 12.4. The first-order valence-electron chi connectivity index (χ1n) is 6.55. The molecular formula is C15H20O3. The van der Waals surface area contributed by atoms with Gasteiger partial charge in [0, 0.05) is 18.6 Å². The normalized spacial score (nSPS) is 15.3. The predicted octanol–water partition coefficient (Wildman–Crippen LogP) is 2.87. The third kappa shape index (κ3) is 2.56. The van der Waals surface area contributed by atoms with E-state index >= 15 is 0 Å². The molecule has 0 aromatic heterocycles. The molecule has 98 valence electrons. The Morgan fingerprint density at radius 1 is 1.44 bits per heavy atom. The highest BCUT2D eigenvalue weighted by molar-refractivity contribution is 6.00. The van der Waals surface area contributed by atoms with Crippen LogP contribution in [0.25, 0.3) is 0 Å². The molecule has 0 N–H and O–H groups in total. The fourth-order valence-electron chi connectivity index (χ4n) is 2.25. The van der Waals surface area contributed by atoms with E-state index in [9.17, 15) is 4.79 Å². The lowest BCUT2D eigenvalue weighted by atomic mass is 9.96. The minimum atomic E-state index is -0.352. The summed E-state index contributed by atoms with van der Waals surface area (Å²) in [6, 6.07) is 5.67. The molecule has 0 saturated heterocycles. The van der Waals surface area contributed by atoms with Gasteiger partial charge in [-0.3, -0.25) is 4.79 Å². The van der Waals surface area contributed by atoms with E-state index in [2.05, 4.69) is 0 Å². The van der Waals surface area contributed by atoms with Gasteiger partial charge in [0.05, 0.1) is 6.61 Å². The molecule has 0 radical (unpaired) electrons. The fraction of sp³-hybridized carbons (Fsp3) is 0.533. The number of Topliss-reactive ketones (excluding diaryl/α,β-unsaturated/α-hetero) is 1. The van der Waals surface area contributed by atoms with Crippen LogP contribution in [-0.4, -0.2) is 25.1 Å². The van der Waals surface area contributed by atoms with Gasteiger partial charge in [0.2, 0.25) is 0 Å². The Hall–Kier alpha value is -1.35. The Balaban J connectivity index is 2.22. The van der Waals surface area contributed by atoms with Crippen molar-refractivity contribution in [2.24, 2.45) is 5.92 Å². The average molecular weight is 248 g/mol. The third-order valence-corrected chi connectivity index (χ3v) is 3.18. The van der Waals surface area contributed by atoms with Crippen LogP contribution in [0.4, 0.5) is 0 Å². The molecule has 1 heterocycles. The lowest BCUT2D eigenvalue weighted by Crippen LogP contribution is -2.29. The predicted molar refractivity (Wildman–Crippen MR) is 70.2 cm³/mol. The third-order valence-electron chi connectivity index (χ3n) is 3.18. The summed E-state index contributed by atoms with van der Waals surface area (Å²) in [4.78, 5) is 12.4. The Bertz CT molecular complexity index is 437. The first-order chi connectivity index (χ1) is 8.63. The van der Waals surface area contributed by atoms with E-state index in [1.54, 1.807) is 0 Å². The van der Waals surface area contributed by atoms with Crippen LogP contribution >= 0.6 is 0 Å². The van der Waals surface area contributed by atoms with Crippen molar-refractivity contribution >= 4 is 5.78 Å². The van der Waals surface area contributed by atoms with Crippen LogP contribution in [0.2, 0.25) is 0 Å². The van der Waals surface area contributed by atoms with Gasteiger partial charge < -0.3 is 9.47 Å². The lowest BCUT2D eigenvalue weighted by Gasteiger charge is -2.19. The van der Waals surface area contributed by atoms with Crippen molar-refractivity contribution in [3.8, 4) is 5.75 Å². The van der Waals surface area contributed by atoms with Gasteiger partial charge in [-0.2, -0.15) is 0 Å². The van der Waals surface area contributed by atoms with Gasteiger partial charge in [0.1, 0.15) is 11.9 Å². The minimum absolute atomic E-state index is 0.0709. The summed E-state index contributed by atoms with van der Waals surface area (Å²) in [5, 5.41) is 0. The van der Waals surface area contributed by atoms with Crippen molar-refractivity contribution in [3.05, 3.63) is 29.3 Å². The number of carbonyl (C=O) groups excluding carboxylic acids is 1. The largest absolute Gasteiger partial charge is 0.493 e. The van der Waals surface area contributed by atoms with E-state index in [0.29, 0.717) is 13.2 Å². The molecule has 0 saturated carbocycles. The molecular weight excluding hydrogens is 228 g/mol. The van der Waals surface area contributed by atoms with Gasteiger partial charge in [-0.1, -0.05) is 13.8 Å². The van der Waals surface area contributed by atoms with Crippen LogP contribution in [0.3, 0.4) is 0 Å². The molecule has 1 unspecified atom stereocenters. The van der Waals surface area contributed by atoms with E-state index in [4.69, 9.17) is 9.47 Å². The van der Waals surface area contributed by atoms with Crippen molar-refractivity contribution in [1.29, 1.82) is 0 Å². The highest BCUT2D eigenvalue weighted by Gasteiger charge is 2.25. The first kappa shape index (κ1) is 13.1. The Morgan fingerprint density at radius 2 is 2.22 bits per heavy atom. The molecule has 1 atom stereocenters. The maximum absolute atomic E-state index is 12.4. The number of hydrogen-bond acceptors (Lipinski definition) is 3. The lowest BCUT2D eigenvalue weighted by molar-refractivity contribution is 0.0279. The summed E-state index contributed by atoms with van der Waals surface area (Å²) in [6.45, 7) is 7.21. The molecule has 18 heavy (non-hydrogen) atoms. The molecule has 1 aromatic carbocycles. The molecule has 0 amide bonds. The standard InChI is InChI=1S/C15H20O3/c1-4-17-15(10(2)3)14(16)12-5-6-13-11(9-12)7-8-18-13/h5-6,9-10,15H,4,7-8H2,1-3H3. The highest BCUT2D eigenvalue weighted by atomic mass is 16.5. The zero-order valence-corrected chi connectivity index (χ0v) is 11.2. The van der Waals surface area contributed by atoms with Crippen LogP contribution in [0.1, 0.15) is 36.7 Å². The van der Waals surface area contributed by atoms with Gasteiger partial charge in [-0.15, -0.1) is 0 Å². The molecule has 0 fully saturated rings. The zero-order chi connectivity index (χ0) is 13.1. The topological polar surface area (TPSA) is 35.5 Å². The zero-order valence-electron chi connectivity index (χ0n) is 11.2. The molecule has 1 aliphatic heterocycles. The molecule has 3 heteroatoms. The van der Waals surface area contributed by atoms with Crippen LogP contribution < -0.4 is 4.74 Å². The number of benzene rings is 1. The average Bonchev–Trinajstić information content (AvgIpc) is 2.81. The van der Waals surface area contributed by atoms with Crippen LogP contribution in [-0.2, 0) is 11.2 Å². The molecule has 0 bridgehead atoms. The second-order valence-electron chi connectivity index (χ2n) is 4.91. The molecule has 0 aliphatic carbocycles. The molecule has 1 aromatic rings. The van der Waals surface area contributed by atoms with Crippen molar-refractivity contribution in [3.63, 3.8) is 0 Å². The van der Waals surface area contributed by atoms with E-state index in [0.717, 1.165) is 23.3 Å². The molecule has 2 rings (SSSR count). The number of ketones is 1. The maximum Gasteiger partial charge on any atom is 0.191 e. The smallest absolute Gasteiger partial charge is 0.191 e. The highest BCUT2D eigenvalue weighted by Crippen LogP contribution is 2.27.